The number of halogens is 1. The molecule has 0 saturated carbocycles. The van der Waals surface area contributed by atoms with Gasteiger partial charge in [0.05, 0.1) is 12.1 Å². The highest BCUT2D eigenvalue weighted by molar-refractivity contribution is 5.79. The van der Waals surface area contributed by atoms with Gasteiger partial charge in [-0.1, -0.05) is 12.1 Å². The Bertz CT molecular complexity index is 931. The fourth-order valence-corrected chi connectivity index (χ4v) is 2.81. The molecule has 0 aliphatic rings. The molecular weight excluding hydrogens is 345 g/mol. The largest absolute Gasteiger partial charge is 0.457 e. The van der Waals surface area contributed by atoms with Crippen LogP contribution < -0.4 is 10.1 Å². The highest BCUT2D eigenvalue weighted by Gasteiger charge is 2.13. The Balaban J connectivity index is 1.53. The van der Waals surface area contributed by atoms with E-state index >= 15 is 0 Å². The number of ether oxygens (including phenoxy) is 1. The first-order valence-electron chi connectivity index (χ1n) is 8.70. The third-order valence-electron chi connectivity index (χ3n) is 4.46. The molecule has 0 atom stereocenters. The van der Waals surface area contributed by atoms with E-state index in [4.69, 9.17) is 4.74 Å². The van der Waals surface area contributed by atoms with Crippen molar-refractivity contribution in [3.05, 3.63) is 76.9 Å². The lowest BCUT2D eigenvalue weighted by molar-refractivity contribution is -0.120. The zero-order chi connectivity index (χ0) is 19.4. The van der Waals surface area contributed by atoms with Crippen LogP contribution in [0.2, 0.25) is 0 Å². The molecule has 3 aromatic rings. The lowest BCUT2D eigenvalue weighted by Gasteiger charge is -2.08. The fourth-order valence-electron chi connectivity index (χ4n) is 2.81. The Morgan fingerprint density at radius 3 is 2.22 bits per heavy atom. The Morgan fingerprint density at radius 2 is 1.67 bits per heavy atom. The van der Waals surface area contributed by atoms with Crippen molar-refractivity contribution in [2.24, 2.45) is 7.05 Å². The number of carbonyl (C=O) groups excluding carboxylic acids is 1. The van der Waals surface area contributed by atoms with Gasteiger partial charge in [-0.25, -0.2) is 4.39 Å². The van der Waals surface area contributed by atoms with Gasteiger partial charge >= 0.3 is 0 Å². The maximum Gasteiger partial charge on any atom is 0.224 e. The molecule has 1 amide bonds. The average Bonchev–Trinajstić information content (AvgIpc) is 2.89. The minimum atomic E-state index is -0.301. The van der Waals surface area contributed by atoms with Gasteiger partial charge in [-0.3, -0.25) is 9.48 Å². The Hall–Kier alpha value is -3.15. The van der Waals surface area contributed by atoms with Crippen molar-refractivity contribution in [1.29, 1.82) is 0 Å². The van der Waals surface area contributed by atoms with Gasteiger partial charge in [0.1, 0.15) is 17.3 Å². The van der Waals surface area contributed by atoms with E-state index in [-0.39, 0.29) is 11.7 Å². The van der Waals surface area contributed by atoms with Gasteiger partial charge in [0, 0.05) is 24.8 Å². The SMILES string of the molecule is Cc1nn(C)c(C)c1CC(=O)NCc1ccc(Oc2ccc(F)cc2)cc1. The molecular formula is C21H22FN3O2. The molecule has 5 nitrogen and oxygen atoms in total. The molecule has 0 radical (unpaired) electrons. The minimum Gasteiger partial charge on any atom is -0.457 e. The van der Waals surface area contributed by atoms with Crippen molar-refractivity contribution in [3.8, 4) is 11.5 Å². The smallest absolute Gasteiger partial charge is 0.224 e. The monoisotopic (exact) mass is 367 g/mol. The van der Waals surface area contributed by atoms with Crippen LogP contribution in [0.4, 0.5) is 4.39 Å². The first-order chi connectivity index (χ1) is 12.9. The van der Waals surface area contributed by atoms with Crippen LogP contribution in [-0.4, -0.2) is 15.7 Å². The minimum absolute atomic E-state index is 0.0409. The summed E-state index contributed by atoms with van der Waals surface area (Å²) >= 11 is 0. The second-order valence-corrected chi connectivity index (χ2v) is 6.43. The molecule has 0 aliphatic carbocycles. The van der Waals surface area contributed by atoms with Crippen molar-refractivity contribution in [1.82, 2.24) is 15.1 Å². The van der Waals surface area contributed by atoms with Gasteiger partial charge in [-0.05, 0) is 55.8 Å². The molecule has 0 spiro atoms. The first-order valence-corrected chi connectivity index (χ1v) is 8.70. The van der Waals surface area contributed by atoms with Crippen molar-refractivity contribution in [3.63, 3.8) is 0 Å². The summed E-state index contributed by atoms with van der Waals surface area (Å²) in [4.78, 5) is 12.2. The molecule has 1 heterocycles. The van der Waals surface area contributed by atoms with Gasteiger partial charge < -0.3 is 10.1 Å². The lowest BCUT2D eigenvalue weighted by atomic mass is 10.1. The lowest BCUT2D eigenvalue weighted by Crippen LogP contribution is -2.25. The molecule has 2 aromatic carbocycles. The van der Waals surface area contributed by atoms with E-state index in [1.807, 2.05) is 45.2 Å². The van der Waals surface area contributed by atoms with E-state index in [1.165, 1.54) is 12.1 Å². The molecule has 0 bridgehead atoms. The second-order valence-electron chi connectivity index (χ2n) is 6.43. The number of carbonyl (C=O) groups is 1. The number of amides is 1. The topological polar surface area (TPSA) is 56.2 Å². The molecule has 0 aliphatic heterocycles. The van der Waals surface area contributed by atoms with E-state index in [1.54, 1.807) is 16.8 Å². The van der Waals surface area contributed by atoms with Crippen molar-refractivity contribution < 1.29 is 13.9 Å². The predicted molar refractivity (Wildman–Crippen MR) is 101 cm³/mol. The third-order valence-corrected chi connectivity index (χ3v) is 4.46. The number of nitrogens with zero attached hydrogens (tertiary/aromatic N) is 2. The van der Waals surface area contributed by atoms with Gasteiger partial charge in [-0.15, -0.1) is 0 Å². The number of hydrogen-bond donors (Lipinski definition) is 1. The number of benzene rings is 2. The van der Waals surface area contributed by atoms with Crippen LogP contribution in [-0.2, 0) is 24.8 Å². The Labute approximate surface area is 157 Å². The fraction of sp³-hybridized carbons (Fsp3) is 0.238. The normalized spacial score (nSPS) is 10.7. The van der Waals surface area contributed by atoms with E-state index in [0.29, 0.717) is 24.5 Å². The summed E-state index contributed by atoms with van der Waals surface area (Å²) in [5, 5.41) is 7.26. The summed E-state index contributed by atoms with van der Waals surface area (Å²) < 4.78 is 20.4. The van der Waals surface area contributed by atoms with E-state index < -0.39 is 0 Å². The van der Waals surface area contributed by atoms with Gasteiger partial charge in [0.25, 0.3) is 0 Å². The Kier molecular flexibility index (Phi) is 5.54. The third kappa shape index (κ3) is 4.73. The van der Waals surface area contributed by atoms with Crippen LogP contribution in [0.1, 0.15) is 22.5 Å². The summed E-state index contributed by atoms with van der Waals surface area (Å²) in [5.74, 6) is 0.879. The number of aromatic nitrogens is 2. The van der Waals surface area contributed by atoms with Crippen LogP contribution >= 0.6 is 0 Å². The van der Waals surface area contributed by atoms with Gasteiger partial charge in [-0.2, -0.15) is 5.10 Å². The van der Waals surface area contributed by atoms with Crippen molar-refractivity contribution in [2.45, 2.75) is 26.8 Å². The summed E-state index contributed by atoms with van der Waals surface area (Å²) in [7, 11) is 1.87. The zero-order valence-corrected chi connectivity index (χ0v) is 15.6. The molecule has 3 rings (SSSR count). The number of hydrogen-bond acceptors (Lipinski definition) is 3. The van der Waals surface area contributed by atoms with Crippen LogP contribution in [0.15, 0.2) is 48.5 Å². The maximum atomic E-state index is 12.9. The van der Waals surface area contributed by atoms with Crippen LogP contribution in [0.5, 0.6) is 11.5 Å². The van der Waals surface area contributed by atoms with Crippen molar-refractivity contribution >= 4 is 5.91 Å². The number of nitrogens with one attached hydrogen (secondary N) is 1. The molecule has 140 valence electrons. The van der Waals surface area contributed by atoms with E-state index in [2.05, 4.69) is 10.4 Å². The van der Waals surface area contributed by atoms with Crippen LogP contribution in [0.3, 0.4) is 0 Å². The molecule has 0 unspecified atom stereocenters. The maximum absolute atomic E-state index is 12.9. The second kappa shape index (κ2) is 8.03. The molecule has 1 aromatic heterocycles. The van der Waals surface area contributed by atoms with E-state index in [9.17, 15) is 9.18 Å². The van der Waals surface area contributed by atoms with Crippen molar-refractivity contribution in [2.75, 3.05) is 0 Å². The first kappa shape index (κ1) is 18.6. The standard InChI is InChI=1S/C21H22FN3O2/c1-14-20(15(2)25(3)24-14)12-21(26)23-13-16-4-8-18(9-5-16)27-19-10-6-17(22)7-11-19/h4-11H,12-13H2,1-3H3,(H,23,26). The average molecular weight is 367 g/mol. The van der Waals surface area contributed by atoms with E-state index in [0.717, 1.165) is 22.5 Å². The molecule has 1 N–H and O–H groups in total. The number of aryl methyl sites for hydroxylation is 2. The molecule has 6 heteroatoms. The summed E-state index contributed by atoms with van der Waals surface area (Å²) in [5.41, 5.74) is 3.82. The predicted octanol–water partition coefficient (Wildman–Crippen LogP) is 3.83. The summed E-state index contributed by atoms with van der Waals surface area (Å²) in [6, 6.07) is 13.3. The van der Waals surface area contributed by atoms with Crippen LogP contribution in [0, 0.1) is 19.7 Å². The van der Waals surface area contributed by atoms with Crippen LogP contribution in [0.25, 0.3) is 0 Å². The molecule has 27 heavy (non-hydrogen) atoms. The molecule has 0 saturated heterocycles. The molecule has 0 fully saturated rings. The highest BCUT2D eigenvalue weighted by Crippen LogP contribution is 2.22. The highest BCUT2D eigenvalue weighted by atomic mass is 19.1. The van der Waals surface area contributed by atoms with Gasteiger partial charge in [0.15, 0.2) is 0 Å². The van der Waals surface area contributed by atoms with Gasteiger partial charge in [0.2, 0.25) is 5.91 Å². The quantitative estimate of drug-likeness (QED) is 0.720. The Morgan fingerprint density at radius 1 is 1.07 bits per heavy atom. The number of rotatable bonds is 6. The zero-order valence-electron chi connectivity index (χ0n) is 15.6. The summed E-state index contributed by atoms with van der Waals surface area (Å²) in [6.45, 7) is 4.31. The summed E-state index contributed by atoms with van der Waals surface area (Å²) in [6.07, 6.45) is 0.317.